The van der Waals surface area contributed by atoms with Crippen molar-refractivity contribution >= 4 is 33.2 Å². The highest BCUT2D eigenvalue weighted by molar-refractivity contribution is 9.10. The van der Waals surface area contributed by atoms with Gasteiger partial charge in [-0.3, -0.25) is 4.79 Å². The van der Waals surface area contributed by atoms with Gasteiger partial charge in [-0.1, -0.05) is 28.1 Å². The molecule has 1 heterocycles. The summed E-state index contributed by atoms with van der Waals surface area (Å²) >= 11 is 5.05. The molecule has 0 aliphatic heterocycles. The van der Waals surface area contributed by atoms with E-state index in [1.54, 1.807) is 11.3 Å². The number of rotatable bonds is 3. The number of hydrogen-bond acceptors (Lipinski definition) is 3. The average molecular weight is 311 g/mol. The van der Waals surface area contributed by atoms with Gasteiger partial charge >= 0.3 is 5.97 Å². The minimum absolute atomic E-state index is 0.204. The minimum atomic E-state index is -0.204. The van der Waals surface area contributed by atoms with Crippen molar-refractivity contribution in [1.82, 2.24) is 0 Å². The van der Waals surface area contributed by atoms with Gasteiger partial charge < -0.3 is 4.74 Å². The number of thiophene rings is 1. The van der Waals surface area contributed by atoms with Crippen molar-refractivity contribution in [3.05, 3.63) is 45.7 Å². The molecule has 0 N–H and O–H groups in total. The Hall–Kier alpha value is -1.13. The molecule has 0 fully saturated rings. The standard InChI is InChI=1S/C13H11BrO2S/c1-16-13(15)7-9-6-12(17-8-9)10-2-4-11(14)5-3-10/h2-6,8H,7H2,1H3. The maximum atomic E-state index is 11.1. The first-order chi connectivity index (χ1) is 8.19. The number of ether oxygens (including phenoxy) is 1. The van der Waals surface area contributed by atoms with Crippen LogP contribution in [0.3, 0.4) is 0 Å². The Morgan fingerprint density at radius 2 is 2.06 bits per heavy atom. The van der Waals surface area contributed by atoms with Crippen LogP contribution < -0.4 is 0 Å². The van der Waals surface area contributed by atoms with E-state index in [0.717, 1.165) is 20.5 Å². The predicted molar refractivity (Wildman–Crippen MR) is 73.2 cm³/mol. The van der Waals surface area contributed by atoms with Crippen molar-refractivity contribution in [2.75, 3.05) is 7.11 Å². The van der Waals surface area contributed by atoms with E-state index >= 15 is 0 Å². The van der Waals surface area contributed by atoms with Crippen LogP contribution in [0.1, 0.15) is 5.56 Å². The Balaban J connectivity index is 2.18. The van der Waals surface area contributed by atoms with E-state index in [0.29, 0.717) is 6.42 Å². The van der Waals surface area contributed by atoms with Crippen molar-refractivity contribution in [3.8, 4) is 10.4 Å². The topological polar surface area (TPSA) is 26.3 Å². The third-order valence-corrected chi connectivity index (χ3v) is 3.92. The van der Waals surface area contributed by atoms with Crippen molar-refractivity contribution < 1.29 is 9.53 Å². The number of halogens is 1. The lowest BCUT2D eigenvalue weighted by molar-refractivity contribution is -0.139. The van der Waals surface area contributed by atoms with E-state index in [9.17, 15) is 4.79 Å². The number of esters is 1. The molecule has 2 rings (SSSR count). The fraction of sp³-hybridized carbons (Fsp3) is 0.154. The van der Waals surface area contributed by atoms with Crippen LogP contribution in [-0.4, -0.2) is 13.1 Å². The molecule has 0 saturated carbocycles. The molecule has 1 aromatic carbocycles. The lowest BCUT2D eigenvalue weighted by Gasteiger charge is -1.97. The minimum Gasteiger partial charge on any atom is -0.469 e. The van der Waals surface area contributed by atoms with E-state index in [1.807, 2.05) is 23.6 Å². The Bertz CT molecular complexity index is 516. The first-order valence-corrected chi connectivity index (χ1v) is 6.76. The second-order valence-electron chi connectivity index (χ2n) is 3.58. The number of methoxy groups -OCH3 is 1. The van der Waals surface area contributed by atoms with Crippen LogP contribution in [0, 0.1) is 0 Å². The molecule has 1 aromatic heterocycles. The summed E-state index contributed by atoms with van der Waals surface area (Å²) in [7, 11) is 1.41. The van der Waals surface area contributed by atoms with Gasteiger partial charge in [0, 0.05) is 9.35 Å². The largest absolute Gasteiger partial charge is 0.469 e. The second-order valence-corrected chi connectivity index (χ2v) is 5.41. The number of benzene rings is 1. The number of carbonyl (C=O) groups is 1. The predicted octanol–water partition coefficient (Wildman–Crippen LogP) is 3.89. The van der Waals surface area contributed by atoms with Crippen LogP contribution in [0.2, 0.25) is 0 Å². The van der Waals surface area contributed by atoms with Crippen LogP contribution in [0.15, 0.2) is 40.2 Å². The first kappa shape index (κ1) is 12.3. The molecule has 0 unspecified atom stereocenters. The summed E-state index contributed by atoms with van der Waals surface area (Å²) in [5.74, 6) is -0.204. The van der Waals surface area contributed by atoms with Gasteiger partial charge in [-0.05, 0) is 34.7 Å². The highest BCUT2D eigenvalue weighted by atomic mass is 79.9. The zero-order chi connectivity index (χ0) is 12.3. The molecule has 2 nitrogen and oxygen atoms in total. The highest BCUT2D eigenvalue weighted by Crippen LogP contribution is 2.28. The molecule has 88 valence electrons. The van der Waals surface area contributed by atoms with Crippen molar-refractivity contribution in [3.63, 3.8) is 0 Å². The SMILES string of the molecule is COC(=O)Cc1csc(-c2ccc(Br)cc2)c1. The summed E-state index contributed by atoms with van der Waals surface area (Å²) in [6.45, 7) is 0. The quantitative estimate of drug-likeness (QED) is 0.804. The summed E-state index contributed by atoms with van der Waals surface area (Å²) in [6, 6.07) is 10.2. The molecule has 0 aliphatic carbocycles. The molecule has 4 heteroatoms. The first-order valence-electron chi connectivity index (χ1n) is 5.09. The van der Waals surface area contributed by atoms with E-state index in [2.05, 4.69) is 32.8 Å². The van der Waals surface area contributed by atoms with E-state index in [4.69, 9.17) is 0 Å². The zero-order valence-corrected chi connectivity index (χ0v) is 11.7. The van der Waals surface area contributed by atoms with Crippen molar-refractivity contribution in [1.29, 1.82) is 0 Å². The molecule has 0 atom stereocenters. The summed E-state index contributed by atoms with van der Waals surface area (Å²) < 4.78 is 5.71. The molecule has 0 radical (unpaired) electrons. The van der Waals surface area contributed by atoms with Crippen molar-refractivity contribution in [2.24, 2.45) is 0 Å². The maximum absolute atomic E-state index is 11.1. The van der Waals surface area contributed by atoms with Gasteiger partial charge in [-0.15, -0.1) is 11.3 Å². The van der Waals surface area contributed by atoms with Gasteiger partial charge in [-0.25, -0.2) is 0 Å². The normalized spacial score (nSPS) is 10.2. The lowest BCUT2D eigenvalue weighted by Crippen LogP contribution is -2.03. The van der Waals surface area contributed by atoms with Crippen molar-refractivity contribution in [2.45, 2.75) is 6.42 Å². The van der Waals surface area contributed by atoms with Gasteiger partial charge in [0.2, 0.25) is 0 Å². The Morgan fingerprint density at radius 3 is 2.71 bits per heavy atom. The maximum Gasteiger partial charge on any atom is 0.310 e. The molecule has 0 amide bonds. The highest BCUT2D eigenvalue weighted by Gasteiger charge is 2.07. The number of hydrogen-bond donors (Lipinski definition) is 0. The Labute approximate surface area is 112 Å². The third-order valence-electron chi connectivity index (χ3n) is 2.36. The molecule has 0 bridgehead atoms. The molecular weight excluding hydrogens is 300 g/mol. The summed E-state index contributed by atoms with van der Waals surface area (Å²) in [6.07, 6.45) is 0.337. The Kier molecular flexibility index (Phi) is 3.97. The summed E-state index contributed by atoms with van der Waals surface area (Å²) in [4.78, 5) is 12.3. The second kappa shape index (κ2) is 5.47. The molecule has 2 aromatic rings. The van der Waals surface area contributed by atoms with Gasteiger partial charge in [0.1, 0.15) is 0 Å². The van der Waals surface area contributed by atoms with Gasteiger partial charge in [0.05, 0.1) is 13.5 Å². The fourth-order valence-electron chi connectivity index (χ4n) is 1.47. The van der Waals surface area contributed by atoms with E-state index in [-0.39, 0.29) is 5.97 Å². The van der Waals surface area contributed by atoms with E-state index < -0.39 is 0 Å². The molecule has 0 aliphatic rings. The van der Waals surface area contributed by atoms with Crippen LogP contribution in [0.4, 0.5) is 0 Å². The van der Waals surface area contributed by atoms with Gasteiger partial charge in [0.15, 0.2) is 0 Å². The molecular formula is C13H11BrO2S. The van der Waals surface area contributed by atoms with Gasteiger partial charge in [0.25, 0.3) is 0 Å². The summed E-state index contributed by atoms with van der Waals surface area (Å²) in [5, 5.41) is 1.99. The molecule has 17 heavy (non-hydrogen) atoms. The Morgan fingerprint density at radius 1 is 1.35 bits per heavy atom. The average Bonchev–Trinajstić information content (AvgIpc) is 2.78. The van der Waals surface area contributed by atoms with Crippen LogP contribution in [0.5, 0.6) is 0 Å². The monoisotopic (exact) mass is 310 g/mol. The van der Waals surface area contributed by atoms with Gasteiger partial charge in [-0.2, -0.15) is 0 Å². The summed E-state index contributed by atoms with van der Waals surface area (Å²) in [5.41, 5.74) is 2.16. The number of carbonyl (C=O) groups excluding carboxylic acids is 1. The zero-order valence-electron chi connectivity index (χ0n) is 9.27. The molecule has 0 spiro atoms. The third kappa shape index (κ3) is 3.17. The van der Waals surface area contributed by atoms with Crippen LogP contribution in [0.25, 0.3) is 10.4 Å². The molecule has 0 saturated heterocycles. The smallest absolute Gasteiger partial charge is 0.310 e. The van der Waals surface area contributed by atoms with Crippen LogP contribution in [-0.2, 0) is 16.0 Å². The fourth-order valence-corrected chi connectivity index (χ4v) is 2.66. The van der Waals surface area contributed by atoms with E-state index in [1.165, 1.54) is 7.11 Å². The van der Waals surface area contributed by atoms with Crippen LogP contribution >= 0.6 is 27.3 Å². The lowest BCUT2D eigenvalue weighted by atomic mass is 10.1.